The number of nitrogens with zero attached hydrogens (tertiary/aromatic N) is 3. The Bertz CT molecular complexity index is 1030. The van der Waals surface area contributed by atoms with E-state index >= 15 is 0 Å². The topological polar surface area (TPSA) is 74.1 Å². The number of aliphatic imine (C=N–C) groups is 2. The van der Waals surface area contributed by atoms with Crippen LogP contribution < -0.4 is 5.32 Å². The summed E-state index contributed by atoms with van der Waals surface area (Å²) in [4.78, 5) is 36.1. The number of nitrogens with one attached hydrogen (secondary N) is 1. The molecule has 0 bridgehead atoms. The Hall–Kier alpha value is -2.93. The number of hydrogen-bond acceptors (Lipinski definition) is 5. The first-order chi connectivity index (χ1) is 13.5. The van der Waals surface area contributed by atoms with Gasteiger partial charge in [0.1, 0.15) is 11.9 Å². The van der Waals surface area contributed by atoms with Crippen LogP contribution >= 0.6 is 11.8 Å². The van der Waals surface area contributed by atoms with Crippen molar-refractivity contribution in [3.63, 3.8) is 0 Å². The van der Waals surface area contributed by atoms with Crippen molar-refractivity contribution < 1.29 is 9.59 Å². The Labute approximate surface area is 167 Å². The van der Waals surface area contributed by atoms with Gasteiger partial charge >= 0.3 is 0 Å². The average Bonchev–Trinajstić information content (AvgIpc) is 2.99. The Morgan fingerprint density at radius 1 is 1.18 bits per heavy atom. The summed E-state index contributed by atoms with van der Waals surface area (Å²) in [7, 11) is 0. The third-order valence-electron chi connectivity index (χ3n) is 4.71. The third kappa shape index (κ3) is 3.22. The summed E-state index contributed by atoms with van der Waals surface area (Å²) >= 11 is 1.26. The molecule has 6 nitrogen and oxygen atoms in total. The zero-order chi connectivity index (χ0) is 19.8. The number of amides is 2. The number of fused-ring (bicyclic) bond motifs is 3. The third-order valence-corrected chi connectivity index (χ3v) is 5.76. The van der Waals surface area contributed by atoms with Crippen molar-refractivity contribution in [1.29, 1.82) is 0 Å². The largest absolute Gasteiger partial charge is 0.325 e. The zero-order valence-electron chi connectivity index (χ0n) is 15.8. The molecule has 2 aliphatic rings. The minimum Gasteiger partial charge on any atom is -0.325 e. The summed E-state index contributed by atoms with van der Waals surface area (Å²) < 4.78 is 0. The van der Waals surface area contributed by atoms with Gasteiger partial charge in [-0.25, -0.2) is 9.89 Å². The summed E-state index contributed by atoms with van der Waals surface area (Å²) in [5, 5.41) is 3.00. The molecule has 0 saturated heterocycles. The standard InChI is InChI=1S/C21H20N4O2S/c1-12-8-4-6-10-16(12)23-19(26)14(3)28-21-24-17-11-7-5-9-15(17)18-22-13(2)20(27)25(18)21/h4-11,13-14H,1-3H3,(H,23,26)/t13-,14-/m1/s1. The molecule has 0 unspecified atom stereocenters. The molecular formula is C21H20N4O2S. The van der Waals surface area contributed by atoms with Crippen LogP contribution in [0.3, 0.4) is 0 Å². The fourth-order valence-electron chi connectivity index (χ4n) is 3.11. The van der Waals surface area contributed by atoms with Crippen LogP contribution in [0.5, 0.6) is 0 Å². The van der Waals surface area contributed by atoms with E-state index in [-0.39, 0.29) is 11.8 Å². The van der Waals surface area contributed by atoms with E-state index in [1.165, 1.54) is 16.7 Å². The van der Waals surface area contributed by atoms with E-state index in [2.05, 4.69) is 15.3 Å². The van der Waals surface area contributed by atoms with Gasteiger partial charge in [-0.05, 0) is 44.5 Å². The van der Waals surface area contributed by atoms with Gasteiger partial charge in [0.2, 0.25) is 5.91 Å². The number of aryl methyl sites for hydroxylation is 1. The molecule has 142 valence electrons. The minimum atomic E-state index is -0.456. The Morgan fingerprint density at radius 3 is 2.68 bits per heavy atom. The predicted molar refractivity (Wildman–Crippen MR) is 113 cm³/mol. The van der Waals surface area contributed by atoms with Crippen LogP contribution in [0, 0.1) is 6.92 Å². The smallest absolute Gasteiger partial charge is 0.258 e. The van der Waals surface area contributed by atoms with Crippen molar-refractivity contribution in [1.82, 2.24) is 4.90 Å². The van der Waals surface area contributed by atoms with E-state index in [9.17, 15) is 9.59 Å². The number of anilines is 1. The lowest BCUT2D eigenvalue weighted by Gasteiger charge is -2.26. The molecule has 0 aromatic heterocycles. The Morgan fingerprint density at radius 2 is 1.89 bits per heavy atom. The van der Waals surface area contributed by atoms with Crippen molar-refractivity contribution in [3.8, 4) is 0 Å². The van der Waals surface area contributed by atoms with Crippen LogP contribution in [-0.4, -0.2) is 39.0 Å². The van der Waals surface area contributed by atoms with Crippen LogP contribution in [0.2, 0.25) is 0 Å². The fraction of sp³-hybridized carbons (Fsp3) is 0.238. The maximum Gasteiger partial charge on any atom is 0.258 e. The summed E-state index contributed by atoms with van der Waals surface area (Å²) in [5.41, 5.74) is 3.37. The highest BCUT2D eigenvalue weighted by atomic mass is 32.2. The molecule has 0 fully saturated rings. The number of rotatable bonds is 3. The van der Waals surface area contributed by atoms with Gasteiger partial charge in [-0.2, -0.15) is 0 Å². The highest BCUT2D eigenvalue weighted by Gasteiger charge is 2.40. The summed E-state index contributed by atoms with van der Waals surface area (Å²) in [5.74, 6) is 0.346. The SMILES string of the molecule is Cc1ccccc1NC(=O)[C@@H](C)SC1=Nc2ccccc2C2=N[C@H](C)C(=O)N12. The molecule has 2 aromatic rings. The molecule has 0 saturated carbocycles. The molecule has 2 heterocycles. The number of benzene rings is 2. The predicted octanol–water partition coefficient (Wildman–Crippen LogP) is 3.73. The van der Waals surface area contributed by atoms with E-state index in [1.54, 1.807) is 6.92 Å². The molecule has 2 atom stereocenters. The lowest BCUT2D eigenvalue weighted by molar-refractivity contribution is -0.124. The van der Waals surface area contributed by atoms with Gasteiger partial charge < -0.3 is 5.32 Å². The van der Waals surface area contributed by atoms with Gasteiger partial charge in [-0.15, -0.1) is 0 Å². The van der Waals surface area contributed by atoms with Crippen LogP contribution in [0.4, 0.5) is 11.4 Å². The normalized spacial score (nSPS) is 18.8. The van der Waals surface area contributed by atoms with Crippen molar-refractivity contribution in [3.05, 3.63) is 59.7 Å². The van der Waals surface area contributed by atoms with Gasteiger partial charge in [0, 0.05) is 11.3 Å². The highest BCUT2D eigenvalue weighted by Crippen LogP contribution is 2.34. The van der Waals surface area contributed by atoms with Crippen LogP contribution in [0.1, 0.15) is 25.0 Å². The van der Waals surface area contributed by atoms with E-state index in [0.29, 0.717) is 11.0 Å². The number of para-hydroxylation sites is 2. The van der Waals surface area contributed by atoms with Gasteiger partial charge in [0.05, 0.1) is 10.9 Å². The van der Waals surface area contributed by atoms with Crippen LogP contribution in [-0.2, 0) is 9.59 Å². The number of hydrogen-bond donors (Lipinski definition) is 1. The first-order valence-electron chi connectivity index (χ1n) is 9.08. The van der Waals surface area contributed by atoms with E-state index in [0.717, 1.165) is 22.5 Å². The van der Waals surface area contributed by atoms with Gasteiger partial charge in [-0.3, -0.25) is 14.6 Å². The molecule has 0 spiro atoms. The first-order valence-corrected chi connectivity index (χ1v) is 9.96. The summed E-state index contributed by atoms with van der Waals surface area (Å²) in [6.07, 6.45) is 0. The molecule has 2 aliphatic heterocycles. The second kappa shape index (κ2) is 7.24. The van der Waals surface area contributed by atoms with Gasteiger partial charge in [-0.1, -0.05) is 42.1 Å². The molecular weight excluding hydrogens is 372 g/mol. The Kier molecular flexibility index (Phi) is 4.77. The van der Waals surface area contributed by atoms with Crippen molar-refractivity contribution in [2.75, 3.05) is 5.32 Å². The van der Waals surface area contributed by atoms with Crippen molar-refractivity contribution in [2.45, 2.75) is 32.1 Å². The minimum absolute atomic E-state index is 0.123. The average molecular weight is 392 g/mol. The van der Waals surface area contributed by atoms with E-state index < -0.39 is 11.3 Å². The second-order valence-electron chi connectivity index (χ2n) is 6.78. The van der Waals surface area contributed by atoms with Crippen molar-refractivity contribution in [2.24, 2.45) is 9.98 Å². The maximum absolute atomic E-state index is 12.7. The monoisotopic (exact) mass is 392 g/mol. The molecule has 0 aliphatic carbocycles. The second-order valence-corrected chi connectivity index (χ2v) is 8.09. The maximum atomic E-state index is 12.7. The molecule has 28 heavy (non-hydrogen) atoms. The van der Waals surface area contributed by atoms with E-state index in [4.69, 9.17) is 0 Å². The fourth-order valence-corrected chi connectivity index (χ4v) is 4.03. The number of carbonyl (C=O) groups excluding carboxylic acids is 2. The highest BCUT2D eigenvalue weighted by molar-refractivity contribution is 8.15. The molecule has 2 amide bonds. The first kappa shape index (κ1) is 18.4. The molecule has 2 aromatic carbocycles. The van der Waals surface area contributed by atoms with Gasteiger partial charge in [0.15, 0.2) is 5.17 Å². The zero-order valence-corrected chi connectivity index (χ0v) is 16.7. The Balaban J connectivity index is 1.59. The number of thioether (sulfide) groups is 1. The van der Waals surface area contributed by atoms with Crippen LogP contribution in [0.25, 0.3) is 0 Å². The lowest BCUT2D eigenvalue weighted by Crippen LogP contribution is -2.42. The van der Waals surface area contributed by atoms with Crippen LogP contribution in [0.15, 0.2) is 58.5 Å². The lowest BCUT2D eigenvalue weighted by atomic mass is 10.1. The summed E-state index contributed by atoms with van der Waals surface area (Å²) in [6.45, 7) is 5.53. The van der Waals surface area contributed by atoms with E-state index in [1.807, 2.05) is 62.4 Å². The number of amidine groups is 2. The number of carbonyl (C=O) groups is 2. The quantitative estimate of drug-likeness (QED) is 0.865. The summed E-state index contributed by atoms with van der Waals surface area (Å²) in [6, 6.07) is 14.8. The molecule has 7 heteroatoms. The van der Waals surface area contributed by atoms with Gasteiger partial charge in [0.25, 0.3) is 5.91 Å². The molecule has 0 radical (unpaired) electrons. The van der Waals surface area contributed by atoms with Crippen molar-refractivity contribution >= 4 is 46.0 Å². The molecule has 4 rings (SSSR count). The molecule has 1 N–H and O–H groups in total.